The van der Waals surface area contributed by atoms with Crippen LogP contribution in [0.3, 0.4) is 0 Å². The second-order valence-electron chi connectivity index (χ2n) is 7.99. The lowest BCUT2D eigenvalue weighted by Crippen LogP contribution is -2.51. The van der Waals surface area contributed by atoms with Crippen LogP contribution in [-0.4, -0.2) is 46.1 Å². The number of amides is 1. The summed E-state index contributed by atoms with van der Waals surface area (Å²) in [6.07, 6.45) is 4.10. The zero-order valence-electron chi connectivity index (χ0n) is 19.0. The van der Waals surface area contributed by atoms with E-state index in [1.54, 1.807) is 11.1 Å². The standard InChI is InChI=1S/C26H32N4O2S/c1-2-30(25(31)22(28)15-14-19-9-4-3-5-10-19)24(13-8-16-27)26(32)33-21-17-20-11-6-7-12-23(20)29-18-21/h3-7,9-12,17-18,22,24H,2,8,13-16,27-28H2,1H3/t22-,24-/m0/s1. The third kappa shape index (κ3) is 6.87. The molecule has 4 N–H and O–H groups in total. The Morgan fingerprint density at radius 1 is 1.06 bits per heavy atom. The number of benzene rings is 2. The van der Waals surface area contributed by atoms with Crippen molar-refractivity contribution in [2.45, 2.75) is 49.6 Å². The van der Waals surface area contributed by atoms with Gasteiger partial charge in [0, 0.05) is 23.0 Å². The van der Waals surface area contributed by atoms with Crippen LogP contribution in [0.1, 0.15) is 31.7 Å². The van der Waals surface area contributed by atoms with E-state index in [4.69, 9.17) is 11.5 Å². The average Bonchev–Trinajstić information content (AvgIpc) is 2.85. The van der Waals surface area contributed by atoms with Crippen LogP contribution >= 0.6 is 11.8 Å². The Morgan fingerprint density at radius 3 is 2.52 bits per heavy atom. The van der Waals surface area contributed by atoms with Crippen LogP contribution in [0.2, 0.25) is 0 Å². The molecule has 0 bridgehead atoms. The second-order valence-corrected chi connectivity index (χ2v) is 9.06. The molecule has 33 heavy (non-hydrogen) atoms. The molecule has 174 valence electrons. The van der Waals surface area contributed by atoms with Crippen molar-refractivity contribution in [2.75, 3.05) is 13.1 Å². The molecule has 2 atom stereocenters. The summed E-state index contributed by atoms with van der Waals surface area (Å²) in [5, 5.41) is 0.881. The van der Waals surface area contributed by atoms with Gasteiger partial charge in [-0.05, 0) is 68.6 Å². The minimum Gasteiger partial charge on any atom is -0.331 e. The van der Waals surface area contributed by atoms with Gasteiger partial charge in [0.2, 0.25) is 11.0 Å². The normalized spacial score (nSPS) is 12.9. The fourth-order valence-electron chi connectivity index (χ4n) is 3.84. The van der Waals surface area contributed by atoms with E-state index in [2.05, 4.69) is 4.98 Å². The SMILES string of the molecule is CCN(C(=O)[C@@H](N)CCc1ccccc1)[C@@H](CCCN)C(=O)Sc1cnc2ccccc2c1. The third-order valence-electron chi connectivity index (χ3n) is 5.64. The smallest absolute Gasteiger partial charge is 0.240 e. The van der Waals surface area contributed by atoms with Gasteiger partial charge in [0.15, 0.2) is 0 Å². The third-order valence-corrected chi connectivity index (χ3v) is 6.57. The molecule has 1 aromatic heterocycles. The number of fused-ring (bicyclic) bond motifs is 1. The van der Waals surface area contributed by atoms with Gasteiger partial charge < -0.3 is 16.4 Å². The highest BCUT2D eigenvalue weighted by Crippen LogP contribution is 2.26. The number of aromatic nitrogens is 1. The van der Waals surface area contributed by atoms with E-state index >= 15 is 0 Å². The van der Waals surface area contributed by atoms with E-state index in [0.717, 1.165) is 33.1 Å². The Bertz CT molecular complexity index is 1060. The van der Waals surface area contributed by atoms with E-state index in [1.165, 1.54) is 0 Å². The highest BCUT2D eigenvalue weighted by Gasteiger charge is 2.31. The van der Waals surface area contributed by atoms with E-state index in [-0.39, 0.29) is 11.0 Å². The Kier molecular flexibility index (Phi) is 9.42. The fraction of sp³-hybridized carbons (Fsp3) is 0.346. The number of likely N-dealkylation sites (N-methyl/N-ethyl adjacent to an activating group) is 1. The zero-order valence-corrected chi connectivity index (χ0v) is 19.8. The Labute approximate surface area is 199 Å². The molecule has 0 aliphatic rings. The van der Waals surface area contributed by atoms with Crippen molar-refractivity contribution >= 4 is 33.7 Å². The Balaban J connectivity index is 1.71. The number of hydrogen-bond acceptors (Lipinski definition) is 6. The van der Waals surface area contributed by atoms with Crippen molar-refractivity contribution in [1.82, 2.24) is 9.88 Å². The number of aryl methyl sites for hydroxylation is 1. The number of pyridine rings is 1. The molecule has 6 nitrogen and oxygen atoms in total. The summed E-state index contributed by atoms with van der Waals surface area (Å²) in [6.45, 7) is 2.75. The second kappa shape index (κ2) is 12.5. The van der Waals surface area contributed by atoms with Crippen LogP contribution in [-0.2, 0) is 16.0 Å². The predicted octanol–water partition coefficient (Wildman–Crippen LogP) is 3.77. The molecule has 0 saturated carbocycles. The monoisotopic (exact) mass is 464 g/mol. The predicted molar refractivity (Wildman–Crippen MR) is 135 cm³/mol. The van der Waals surface area contributed by atoms with Crippen molar-refractivity contribution in [1.29, 1.82) is 0 Å². The van der Waals surface area contributed by atoms with Gasteiger partial charge in [-0.1, -0.05) is 48.5 Å². The minimum absolute atomic E-state index is 0.0917. The lowest BCUT2D eigenvalue weighted by molar-refractivity contribution is -0.138. The number of rotatable bonds is 11. The average molecular weight is 465 g/mol. The first-order valence-electron chi connectivity index (χ1n) is 11.4. The molecule has 0 fully saturated rings. The summed E-state index contributed by atoms with van der Waals surface area (Å²) >= 11 is 1.12. The van der Waals surface area contributed by atoms with Crippen LogP contribution in [0.5, 0.6) is 0 Å². The van der Waals surface area contributed by atoms with Crippen LogP contribution in [0.15, 0.2) is 71.8 Å². The molecule has 2 aromatic carbocycles. The summed E-state index contributed by atoms with van der Waals surface area (Å²) in [4.78, 5) is 33.4. The molecule has 0 aliphatic carbocycles. The highest BCUT2D eigenvalue weighted by atomic mass is 32.2. The van der Waals surface area contributed by atoms with E-state index in [9.17, 15) is 9.59 Å². The van der Waals surface area contributed by atoms with E-state index in [1.807, 2.05) is 67.6 Å². The number of hydrogen-bond donors (Lipinski definition) is 2. The Hall–Kier alpha value is -2.74. The summed E-state index contributed by atoms with van der Waals surface area (Å²) in [5.41, 5.74) is 14.0. The Morgan fingerprint density at radius 2 is 1.79 bits per heavy atom. The van der Waals surface area contributed by atoms with Crippen molar-refractivity contribution in [2.24, 2.45) is 11.5 Å². The maximum absolute atomic E-state index is 13.3. The molecule has 3 rings (SSSR count). The summed E-state index contributed by atoms with van der Waals surface area (Å²) < 4.78 is 0. The number of carbonyl (C=O) groups excluding carboxylic acids is 2. The molecular formula is C26H32N4O2S. The fourth-order valence-corrected chi connectivity index (χ4v) is 4.74. The molecular weight excluding hydrogens is 432 g/mol. The van der Waals surface area contributed by atoms with E-state index in [0.29, 0.717) is 38.8 Å². The number of thioether (sulfide) groups is 1. The van der Waals surface area contributed by atoms with Gasteiger partial charge in [0.25, 0.3) is 0 Å². The molecule has 1 heterocycles. The van der Waals surface area contributed by atoms with Crippen molar-refractivity contribution in [3.8, 4) is 0 Å². The van der Waals surface area contributed by atoms with Crippen molar-refractivity contribution in [3.05, 3.63) is 72.4 Å². The van der Waals surface area contributed by atoms with Crippen LogP contribution in [0, 0.1) is 0 Å². The van der Waals surface area contributed by atoms with Gasteiger partial charge in [-0.3, -0.25) is 14.6 Å². The maximum Gasteiger partial charge on any atom is 0.240 e. The van der Waals surface area contributed by atoms with Crippen LogP contribution < -0.4 is 11.5 Å². The van der Waals surface area contributed by atoms with Crippen LogP contribution in [0.4, 0.5) is 0 Å². The number of nitrogens with two attached hydrogens (primary N) is 2. The molecule has 0 unspecified atom stereocenters. The first kappa shape index (κ1) is 24.9. The first-order valence-corrected chi connectivity index (χ1v) is 12.2. The molecule has 0 radical (unpaired) electrons. The topological polar surface area (TPSA) is 102 Å². The zero-order chi connectivity index (χ0) is 23.6. The highest BCUT2D eigenvalue weighted by molar-refractivity contribution is 8.13. The molecule has 0 aliphatic heterocycles. The maximum atomic E-state index is 13.3. The first-order chi connectivity index (χ1) is 16.0. The van der Waals surface area contributed by atoms with Gasteiger partial charge in [-0.25, -0.2) is 0 Å². The number of para-hydroxylation sites is 1. The number of carbonyl (C=O) groups is 2. The molecule has 3 aromatic rings. The lowest BCUT2D eigenvalue weighted by atomic mass is 10.0. The van der Waals surface area contributed by atoms with Gasteiger partial charge in [0.1, 0.15) is 6.04 Å². The quantitative estimate of drug-likeness (QED) is 0.419. The summed E-state index contributed by atoms with van der Waals surface area (Å²) in [7, 11) is 0. The van der Waals surface area contributed by atoms with Gasteiger partial charge in [0.05, 0.1) is 11.6 Å². The molecule has 1 amide bonds. The number of nitrogens with zero attached hydrogens (tertiary/aromatic N) is 2. The van der Waals surface area contributed by atoms with Gasteiger partial charge >= 0.3 is 0 Å². The summed E-state index contributed by atoms with van der Waals surface area (Å²) in [5.74, 6) is -0.193. The molecule has 7 heteroatoms. The largest absolute Gasteiger partial charge is 0.331 e. The van der Waals surface area contributed by atoms with Crippen molar-refractivity contribution in [3.63, 3.8) is 0 Å². The van der Waals surface area contributed by atoms with Gasteiger partial charge in [-0.2, -0.15) is 0 Å². The lowest BCUT2D eigenvalue weighted by Gasteiger charge is -2.31. The van der Waals surface area contributed by atoms with Gasteiger partial charge in [-0.15, -0.1) is 0 Å². The van der Waals surface area contributed by atoms with Crippen LogP contribution in [0.25, 0.3) is 10.9 Å². The summed E-state index contributed by atoms with van der Waals surface area (Å²) in [6, 6.07) is 18.4. The van der Waals surface area contributed by atoms with E-state index < -0.39 is 12.1 Å². The van der Waals surface area contributed by atoms with Crippen molar-refractivity contribution < 1.29 is 9.59 Å². The molecule has 0 saturated heterocycles. The molecule has 0 spiro atoms. The minimum atomic E-state index is -0.661.